The van der Waals surface area contributed by atoms with Crippen molar-refractivity contribution in [2.75, 3.05) is 6.61 Å². The molecule has 0 radical (unpaired) electrons. The van der Waals surface area contributed by atoms with Crippen molar-refractivity contribution in [2.24, 2.45) is 13.0 Å². The van der Waals surface area contributed by atoms with Crippen molar-refractivity contribution >= 4 is 11.6 Å². The Bertz CT molecular complexity index is 876. The van der Waals surface area contributed by atoms with Gasteiger partial charge in [0, 0.05) is 18.7 Å². The molecule has 9 heteroatoms. The molecule has 134 valence electrons. The van der Waals surface area contributed by atoms with Gasteiger partial charge in [0.25, 0.3) is 0 Å². The van der Waals surface area contributed by atoms with Gasteiger partial charge in [-0.3, -0.25) is 9.48 Å². The van der Waals surface area contributed by atoms with Crippen molar-refractivity contribution in [3.05, 3.63) is 45.0 Å². The molecule has 1 aliphatic carbocycles. The van der Waals surface area contributed by atoms with Crippen molar-refractivity contribution in [1.82, 2.24) is 9.78 Å². The first-order valence-corrected chi connectivity index (χ1v) is 7.82. The molecule has 0 bridgehead atoms. The van der Waals surface area contributed by atoms with Crippen molar-refractivity contribution in [2.45, 2.75) is 19.0 Å². The van der Waals surface area contributed by atoms with E-state index >= 15 is 0 Å². The van der Waals surface area contributed by atoms with Crippen LogP contribution in [0.2, 0.25) is 5.02 Å². The Morgan fingerprint density at radius 1 is 1.32 bits per heavy atom. The van der Waals surface area contributed by atoms with Crippen LogP contribution < -0.4 is 10.2 Å². The highest BCUT2D eigenvalue weighted by Gasteiger charge is 2.35. The highest BCUT2D eigenvalue weighted by Crippen LogP contribution is 2.35. The molecule has 0 saturated heterocycles. The second-order valence-corrected chi connectivity index (χ2v) is 6.29. The van der Waals surface area contributed by atoms with Crippen molar-refractivity contribution in [3.63, 3.8) is 0 Å². The molecular formula is C16H13ClF4N2O2. The SMILES string of the molecule is Cn1nc(-c2cc(OCC3CC3)c(Cl)cc2F)c(=O)cc1C(F)(F)F. The molecule has 1 aromatic carbocycles. The van der Waals surface area contributed by atoms with E-state index in [1.807, 2.05) is 0 Å². The molecule has 4 nitrogen and oxygen atoms in total. The van der Waals surface area contributed by atoms with Gasteiger partial charge in [-0.25, -0.2) is 4.39 Å². The second-order valence-electron chi connectivity index (χ2n) is 5.88. The summed E-state index contributed by atoms with van der Waals surface area (Å²) in [5, 5.41) is 3.61. The monoisotopic (exact) mass is 376 g/mol. The number of hydrogen-bond donors (Lipinski definition) is 0. The molecule has 0 atom stereocenters. The van der Waals surface area contributed by atoms with Crippen LogP contribution in [-0.4, -0.2) is 16.4 Å². The van der Waals surface area contributed by atoms with Gasteiger partial charge in [-0.1, -0.05) is 11.6 Å². The highest BCUT2D eigenvalue weighted by atomic mass is 35.5. The number of rotatable bonds is 4. The van der Waals surface area contributed by atoms with E-state index in [4.69, 9.17) is 16.3 Å². The van der Waals surface area contributed by atoms with E-state index in [1.165, 1.54) is 6.07 Å². The van der Waals surface area contributed by atoms with E-state index in [9.17, 15) is 22.4 Å². The molecule has 3 rings (SSSR count). The van der Waals surface area contributed by atoms with E-state index in [1.54, 1.807) is 0 Å². The van der Waals surface area contributed by atoms with E-state index < -0.39 is 28.8 Å². The number of halogens is 5. The molecule has 0 unspecified atom stereocenters. The molecule has 1 aromatic heterocycles. The number of aromatic nitrogens is 2. The Labute approximate surface area is 145 Å². The lowest BCUT2D eigenvalue weighted by molar-refractivity contribution is -0.144. The summed E-state index contributed by atoms with van der Waals surface area (Å²) in [4.78, 5) is 12.0. The third-order valence-corrected chi connectivity index (χ3v) is 4.13. The normalized spacial score (nSPS) is 14.6. The van der Waals surface area contributed by atoms with E-state index in [2.05, 4.69) is 5.10 Å². The molecule has 0 aliphatic heterocycles. The zero-order valence-electron chi connectivity index (χ0n) is 13.0. The van der Waals surface area contributed by atoms with Crippen LogP contribution in [0.1, 0.15) is 18.5 Å². The quantitative estimate of drug-likeness (QED) is 0.756. The minimum atomic E-state index is -4.74. The Kier molecular flexibility index (Phi) is 4.49. The summed E-state index contributed by atoms with van der Waals surface area (Å²) in [6, 6.07) is 2.54. The third kappa shape index (κ3) is 3.78. The van der Waals surface area contributed by atoms with E-state index in [0.717, 1.165) is 26.0 Å². The van der Waals surface area contributed by atoms with Crippen LogP contribution in [0.4, 0.5) is 17.6 Å². The van der Waals surface area contributed by atoms with Crippen LogP contribution in [0.5, 0.6) is 5.75 Å². The van der Waals surface area contributed by atoms with Gasteiger partial charge in [-0.2, -0.15) is 18.3 Å². The highest BCUT2D eigenvalue weighted by molar-refractivity contribution is 6.32. The van der Waals surface area contributed by atoms with Crippen LogP contribution in [0.3, 0.4) is 0 Å². The smallest absolute Gasteiger partial charge is 0.433 e. The van der Waals surface area contributed by atoms with Crippen molar-refractivity contribution in [1.29, 1.82) is 0 Å². The fraction of sp³-hybridized carbons (Fsp3) is 0.375. The van der Waals surface area contributed by atoms with Gasteiger partial charge >= 0.3 is 6.18 Å². The predicted molar refractivity (Wildman–Crippen MR) is 83.1 cm³/mol. The van der Waals surface area contributed by atoms with Crippen molar-refractivity contribution in [3.8, 4) is 17.0 Å². The van der Waals surface area contributed by atoms with Crippen LogP contribution in [0.25, 0.3) is 11.3 Å². The van der Waals surface area contributed by atoms with E-state index in [0.29, 0.717) is 23.3 Å². The summed E-state index contributed by atoms with van der Waals surface area (Å²) >= 11 is 5.93. The van der Waals surface area contributed by atoms with Gasteiger partial charge in [0.1, 0.15) is 23.0 Å². The Morgan fingerprint density at radius 2 is 2.00 bits per heavy atom. The molecule has 0 N–H and O–H groups in total. The third-order valence-electron chi connectivity index (χ3n) is 3.84. The van der Waals surface area contributed by atoms with Gasteiger partial charge in [0.15, 0.2) is 0 Å². The van der Waals surface area contributed by atoms with Gasteiger partial charge in [0.2, 0.25) is 5.43 Å². The first-order chi connectivity index (χ1) is 11.7. The Balaban J connectivity index is 2.04. The molecule has 25 heavy (non-hydrogen) atoms. The standard InChI is InChI=1S/C16H13ClF4N2O2/c1-23-14(16(19,20)21)6-12(24)15(22-23)9-4-13(10(17)5-11(9)18)25-7-8-2-3-8/h4-6,8H,2-3,7H2,1H3. The Morgan fingerprint density at radius 3 is 2.60 bits per heavy atom. The van der Waals surface area contributed by atoms with Gasteiger partial charge in [-0.05, 0) is 30.9 Å². The molecule has 1 fully saturated rings. The summed E-state index contributed by atoms with van der Waals surface area (Å²) < 4.78 is 58.7. The fourth-order valence-corrected chi connectivity index (χ4v) is 2.51. The number of aryl methyl sites for hydroxylation is 1. The summed E-state index contributed by atoms with van der Waals surface area (Å²) in [7, 11) is 1.03. The zero-order valence-corrected chi connectivity index (χ0v) is 13.8. The average molecular weight is 377 g/mol. The lowest BCUT2D eigenvalue weighted by Gasteiger charge is -2.14. The maximum absolute atomic E-state index is 14.2. The number of alkyl halides is 3. The molecule has 1 saturated carbocycles. The van der Waals surface area contributed by atoms with E-state index in [-0.39, 0.29) is 16.3 Å². The van der Waals surface area contributed by atoms with Gasteiger partial charge in [0.05, 0.1) is 11.6 Å². The largest absolute Gasteiger partial charge is 0.492 e. The Hall–Kier alpha value is -2.09. The number of ether oxygens (including phenoxy) is 1. The second kappa shape index (κ2) is 6.33. The van der Waals surface area contributed by atoms with Crippen LogP contribution in [-0.2, 0) is 13.2 Å². The maximum Gasteiger partial charge on any atom is 0.433 e. The minimum Gasteiger partial charge on any atom is -0.492 e. The molecule has 1 aliphatic rings. The first-order valence-electron chi connectivity index (χ1n) is 7.44. The molecule has 2 aromatic rings. The topological polar surface area (TPSA) is 44.1 Å². The van der Waals surface area contributed by atoms with Crippen LogP contribution in [0, 0.1) is 11.7 Å². The first kappa shape index (κ1) is 17.7. The zero-order chi connectivity index (χ0) is 18.4. The minimum absolute atomic E-state index is 0.0191. The molecule has 1 heterocycles. The lowest BCUT2D eigenvalue weighted by Crippen LogP contribution is -2.22. The molecular weight excluding hydrogens is 364 g/mol. The predicted octanol–water partition coefficient (Wildman–Crippen LogP) is 4.05. The lowest BCUT2D eigenvalue weighted by atomic mass is 10.1. The van der Waals surface area contributed by atoms with Gasteiger partial charge < -0.3 is 4.74 Å². The van der Waals surface area contributed by atoms with Crippen LogP contribution in [0.15, 0.2) is 23.0 Å². The number of nitrogens with zero attached hydrogens (tertiary/aromatic N) is 2. The van der Waals surface area contributed by atoms with Gasteiger partial charge in [-0.15, -0.1) is 0 Å². The van der Waals surface area contributed by atoms with Crippen molar-refractivity contribution < 1.29 is 22.3 Å². The maximum atomic E-state index is 14.2. The summed E-state index contributed by atoms with van der Waals surface area (Å²) in [5.41, 5.74) is -2.97. The number of hydrogen-bond acceptors (Lipinski definition) is 3. The number of benzene rings is 1. The average Bonchev–Trinajstić information content (AvgIpc) is 3.32. The summed E-state index contributed by atoms with van der Waals surface area (Å²) in [6.07, 6.45) is -2.67. The summed E-state index contributed by atoms with van der Waals surface area (Å²) in [6.45, 7) is 0.406. The summed E-state index contributed by atoms with van der Waals surface area (Å²) in [5.74, 6) is -0.288. The fourth-order valence-electron chi connectivity index (χ4n) is 2.30. The van der Waals surface area contributed by atoms with Crippen LogP contribution >= 0.6 is 11.6 Å². The molecule has 0 spiro atoms. The molecule has 0 amide bonds.